The van der Waals surface area contributed by atoms with Crippen LogP contribution in [0, 0.1) is 22.7 Å². The lowest BCUT2D eigenvalue weighted by molar-refractivity contribution is -0.156. The normalized spacial score (nSPS) is 36.5. The van der Waals surface area contributed by atoms with E-state index in [2.05, 4.69) is 20.8 Å². The quantitative estimate of drug-likeness (QED) is 0.228. The van der Waals surface area contributed by atoms with Crippen molar-refractivity contribution in [2.75, 3.05) is 19.8 Å². The van der Waals surface area contributed by atoms with Crippen LogP contribution in [0.4, 0.5) is 0 Å². The molecular weight excluding hydrogens is 424 g/mol. The number of esters is 3. The van der Waals surface area contributed by atoms with E-state index in [1.807, 2.05) is 0 Å². The second kappa shape index (κ2) is 9.77. The summed E-state index contributed by atoms with van der Waals surface area (Å²) >= 11 is 0. The molecule has 7 nitrogen and oxygen atoms in total. The summed E-state index contributed by atoms with van der Waals surface area (Å²) in [6.07, 6.45) is 7.41. The molecule has 2 saturated carbocycles. The molecule has 2 aliphatic carbocycles. The van der Waals surface area contributed by atoms with Crippen LogP contribution in [0.3, 0.4) is 0 Å². The van der Waals surface area contributed by atoms with E-state index in [0.29, 0.717) is 23.8 Å². The van der Waals surface area contributed by atoms with Crippen LogP contribution in [0.2, 0.25) is 0 Å². The minimum atomic E-state index is -0.565. The van der Waals surface area contributed by atoms with Gasteiger partial charge in [0, 0.05) is 31.8 Å². The van der Waals surface area contributed by atoms with Crippen molar-refractivity contribution in [2.45, 2.75) is 91.8 Å². The lowest BCUT2D eigenvalue weighted by Crippen LogP contribution is -2.57. The first-order valence-corrected chi connectivity index (χ1v) is 12.2. The van der Waals surface area contributed by atoms with Crippen molar-refractivity contribution < 1.29 is 33.3 Å². The smallest absolute Gasteiger partial charge is 0.303 e. The highest BCUT2D eigenvalue weighted by Crippen LogP contribution is 2.68. The molecule has 1 heterocycles. The number of hydrogen-bond donors (Lipinski definition) is 0. The van der Waals surface area contributed by atoms with E-state index >= 15 is 0 Å². The SMILES string of the molecule is CC(=O)OC/C=C(\COC(C)=O)C(C[C@@]1(C)[C@H](C)CC[C@]2(C)[C@@H]1CCCC21CO1)OC(C)=O. The molecule has 0 aromatic carbocycles. The molecule has 3 aliphatic rings. The highest BCUT2D eigenvalue weighted by molar-refractivity contribution is 5.67. The summed E-state index contributed by atoms with van der Waals surface area (Å²) in [7, 11) is 0. The van der Waals surface area contributed by atoms with Gasteiger partial charge in [-0.1, -0.05) is 27.2 Å². The number of fused-ring (bicyclic) bond motifs is 2. The average molecular weight is 465 g/mol. The second-order valence-electron chi connectivity index (χ2n) is 10.8. The van der Waals surface area contributed by atoms with Crippen molar-refractivity contribution in [3.63, 3.8) is 0 Å². The fourth-order valence-corrected chi connectivity index (χ4v) is 6.65. The number of epoxide rings is 1. The molecule has 0 radical (unpaired) electrons. The Bertz CT molecular complexity index is 798. The van der Waals surface area contributed by atoms with Gasteiger partial charge in [0.2, 0.25) is 0 Å². The Hall–Kier alpha value is -1.89. The Kier molecular flexibility index (Phi) is 7.62. The lowest BCUT2D eigenvalue weighted by atomic mass is 9.44. The van der Waals surface area contributed by atoms with Gasteiger partial charge in [0.25, 0.3) is 0 Å². The van der Waals surface area contributed by atoms with E-state index in [-0.39, 0.29) is 35.6 Å². The monoisotopic (exact) mass is 464 g/mol. The third-order valence-corrected chi connectivity index (χ3v) is 8.82. The minimum Gasteiger partial charge on any atom is -0.462 e. The fraction of sp³-hybridized carbons (Fsp3) is 0.808. The van der Waals surface area contributed by atoms with Crippen molar-refractivity contribution in [3.05, 3.63) is 11.6 Å². The molecule has 6 atom stereocenters. The van der Waals surface area contributed by atoms with Crippen LogP contribution >= 0.6 is 0 Å². The zero-order chi connectivity index (χ0) is 24.4. The first-order chi connectivity index (χ1) is 15.4. The summed E-state index contributed by atoms with van der Waals surface area (Å²) in [6, 6.07) is 0. The summed E-state index contributed by atoms with van der Waals surface area (Å²) in [4.78, 5) is 34.9. The minimum absolute atomic E-state index is 0.0000160. The van der Waals surface area contributed by atoms with Gasteiger partial charge in [0.05, 0.1) is 12.2 Å². The topological polar surface area (TPSA) is 91.4 Å². The lowest BCUT2D eigenvalue weighted by Gasteiger charge is -2.60. The first kappa shape index (κ1) is 25.7. The second-order valence-corrected chi connectivity index (χ2v) is 10.8. The van der Waals surface area contributed by atoms with Gasteiger partial charge in [0.15, 0.2) is 0 Å². The van der Waals surface area contributed by atoms with Crippen molar-refractivity contribution in [1.29, 1.82) is 0 Å². The molecule has 0 bridgehead atoms. The maximum atomic E-state index is 12.1. The predicted octanol–water partition coefficient (Wildman–Crippen LogP) is 4.37. The summed E-state index contributed by atoms with van der Waals surface area (Å²) in [5.41, 5.74) is 0.657. The van der Waals surface area contributed by atoms with E-state index in [9.17, 15) is 14.4 Å². The molecule has 7 heteroatoms. The van der Waals surface area contributed by atoms with Gasteiger partial charge >= 0.3 is 17.9 Å². The molecule has 1 spiro atoms. The van der Waals surface area contributed by atoms with Gasteiger partial charge in [-0.05, 0) is 55.4 Å². The van der Waals surface area contributed by atoms with Gasteiger partial charge in [-0.2, -0.15) is 0 Å². The van der Waals surface area contributed by atoms with Crippen molar-refractivity contribution in [2.24, 2.45) is 22.7 Å². The van der Waals surface area contributed by atoms with Crippen LogP contribution in [0.15, 0.2) is 11.6 Å². The molecule has 186 valence electrons. The summed E-state index contributed by atoms with van der Waals surface area (Å²) in [5.74, 6) is -0.332. The van der Waals surface area contributed by atoms with E-state index in [4.69, 9.17) is 18.9 Å². The van der Waals surface area contributed by atoms with Gasteiger partial charge < -0.3 is 18.9 Å². The van der Waals surface area contributed by atoms with Crippen molar-refractivity contribution in [1.82, 2.24) is 0 Å². The van der Waals surface area contributed by atoms with Gasteiger partial charge in [0.1, 0.15) is 19.3 Å². The molecular formula is C26H40O7. The zero-order valence-corrected chi connectivity index (χ0v) is 21.0. The maximum Gasteiger partial charge on any atom is 0.303 e. The van der Waals surface area contributed by atoms with Crippen LogP contribution in [0.25, 0.3) is 0 Å². The van der Waals surface area contributed by atoms with Gasteiger partial charge in [-0.15, -0.1) is 0 Å². The van der Waals surface area contributed by atoms with E-state index in [1.54, 1.807) is 6.08 Å². The van der Waals surface area contributed by atoms with Crippen LogP contribution in [0.1, 0.15) is 80.1 Å². The Morgan fingerprint density at radius 2 is 1.70 bits per heavy atom. The molecule has 3 rings (SSSR count). The Morgan fingerprint density at radius 3 is 2.27 bits per heavy atom. The summed E-state index contributed by atoms with van der Waals surface area (Å²) < 4.78 is 22.3. The molecule has 3 fully saturated rings. The molecule has 33 heavy (non-hydrogen) atoms. The highest BCUT2D eigenvalue weighted by atomic mass is 16.6. The van der Waals surface area contributed by atoms with E-state index < -0.39 is 18.0 Å². The predicted molar refractivity (Wildman–Crippen MR) is 122 cm³/mol. The zero-order valence-electron chi connectivity index (χ0n) is 21.0. The third kappa shape index (κ3) is 5.28. The van der Waals surface area contributed by atoms with Gasteiger partial charge in [-0.3, -0.25) is 14.4 Å². The summed E-state index contributed by atoms with van der Waals surface area (Å²) in [6.45, 7) is 12.0. The highest BCUT2D eigenvalue weighted by Gasteiger charge is 2.68. The van der Waals surface area contributed by atoms with Crippen molar-refractivity contribution >= 4 is 17.9 Å². The fourth-order valence-electron chi connectivity index (χ4n) is 6.65. The van der Waals surface area contributed by atoms with Gasteiger partial charge in [-0.25, -0.2) is 0 Å². The molecule has 1 saturated heterocycles. The maximum absolute atomic E-state index is 12.1. The van der Waals surface area contributed by atoms with Crippen LogP contribution in [-0.4, -0.2) is 49.4 Å². The van der Waals surface area contributed by atoms with Crippen LogP contribution in [-0.2, 0) is 33.3 Å². The van der Waals surface area contributed by atoms with E-state index in [1.165, 1.54) is 20.8 Å². The number of carbonyl (C=O) groups excluding carboxylic acids is 3. The molecule has 0 aromatic heterocycles. The molecule has 1 aliphatic heterocycles. The Labute approximate surface area is 197 Å². The number of rotatable bonds is 8. The molecule has 2 unspecified atom stereocenters. The molecule has 0 N–H and O–H groups in total. The van der Waals surface area contributed by atoms with Crippen LogP contribution < -0.4 is 0 Å². The standard InChI is InChI=1S/C26H40O7/c1-17-9-12-25(6)23(8-7-11-26(25)16-32-26)24(17,5)14-22(33-20(4)29)21(15-31-19(3)28)10-13-30-18(2)27/h10,17,22-23H,7-9,11-16H2,1-6H3/b21-10+/t17-,22?,23-,24+,25-,26?/m1/s1. The number of hydrogen-bond acceptors (Lipinski definition) is 7. The third-order valence-electron chi connectivity index (χ3n) is 8.82. The molecule has 0 aromatic rings. The van der Waals surface area contributed by atoms with Crippen molar-refractivity contribution in [3.8, 4) is 0 Å². The molecule has 0 amide bonds. The number of ether oxygens (including phenoxy) is 4. The largest absolute Gasteiger partial charge is 0.462 e. The van der Waals surface area contributed by atoms with E-state index in [0.717, 1.165) is 38.7 Å². The Morgan fingerprint density at radius 1 is 1.03 bits per heavy atom. The number of carbonyl (C=O) groups is 3. The first-order valence-electron chi connectivity index (χ1n) is 12.2. The van der Waals surface area contributed by atoms with Crippen LogP contribution in [0.5, 0.6) is 0 Å². The Balaban J connectivity index is 1.92. The average Bonchev–Trinajstić information content (AvgIpc) is 3.50. The summed E-state index contributed by atoms with van der Waals surface area (Å²) in [5, 5.41) is 0.